The van der Waals surface area contributed by atoms with Gasteiger partial charge in [-0.3, -0.25) is 9.59 Å². The Morgan fingerprint density at radius 3 is 2.24 bits per heavy atom. The van der Waals surface area contributed by atoms with Crippen LogP contribution >= 0.6 is 15.9 Å². The molecule has 1 aromatic carbocycles. The summed E-state index contributed by atoms with van der Waals surface area (Å²) in [5.74, 6) is -0.232. The number of rotatable bonds is 7. The SMILES string of the molecule is CCCCCCCNC1=C(Br)C(=O)c2ccccc2C1=O. The van der Waals surface area contributed by atoms with Gasteiger partial charge in [-0.15, -0.1) is 0 Å². The van der Waals surface area contributed by atoms with E-state index in [1.54, 1.807) is 24.3 Å². The Bertz CT molecular complexity index is 578. The molecule has 0 amide bonds. The number of carbonyl (C=O) groups is 2. The van der Waals surface area contributed by atoms with Gasteiger partial charge in [0.2, 0.25) is 11.6 Å². The molecule has 0 saturated carbocycles. The van der Waals surface area contributed by atoms with Gasteiger partial charge in [-0.1, -0.05) is 56.9 Å². The van der Waals surface area contributed by atoms with Crippen molar-refractivity contribution in [2.75, 3.05) is 6.54 Å². The van der Waals surface area contributed by atoms with Gasteiger partial charge in [0.25, 0.3) is 0 Å². The van der Waals surface area contributed by atoms with Crippen LogP contribution in [0.4, 0.5) is 0 Å². The third-order valence-electron chi connectivity index (χ3n) is 3.64. The van der Waals surface area contributed by atoms with Crippen LogP contribution in [0.2, 0.25) is 0 Å². The highest BCUT2D eigenvalue weighted by Crippen LogP contribution is 2.28. The van der Waals surface area contributed by atoms with Crippen LogP contribution < -0.4 is 5.32 Å². The van der Waals surface area contributed by atoms with Crippen molar-refractivity contribution in [1.82, 2.24) is 5.32 Å². The predicted molar refractivity (Wildman–Crippen MR) is 87.8 cm³/mol. The van der Waals surface area contributed by atoms with E-state index in [9.17, 15) is 9.59 Å². The average molecular weight is 350 g/mol. The Labute approximate surface area is 133 Å². The molecule has 112 valence electrons. The van der Waals surface area contributed by atoms with Crippen molar-refractivity contribution in [2.45, 2.75) is 39.0 Å². The number of fused-ring (bicyclic) bond motifs is 1. The monoisotopic (exact) mass is 349 g/mol. The Morgan fingerprint density at radius 1 is 0.952 bits per heavy atom. The maximum absolute atomic E-state index is 12.4. The van der Waals surface area contributed by atoms with Gasteiger partial charge in [-0.2, -0.15) is 0 Å². The van der Waals surface area contributed by atoms with Gasteiger partial charge in [0.1, 0.15) is 5.70 Å². The predicted octanol–water partition coefficient (Wildman–Crippen LogP) is 4.23. The fourth-order valence-corrected chi connectivity index (χ4v) is 2.98. The van der Waals surface area contributed by atoms with Crippen molar-refractivity contribution >= 4 is 27.5 Å². The molecule has 1 aliphatic rings. The molecule has 1 N–H and O–H groups in total. The summed E-state index contributed by atoms with van der Waals surface area (Å²) >= 11 is 3.27. The first-order valence-electron chi connectivity index (χ1n) is 7.49. The molecule has 4 heteroatoms. The van der Waals surface area contributed by atoms with Crippen LogP contribution in [-0.4, -0.2) is 18.1 Å². The lowest BCUT2D eigenvalue weighted by molar-refractivity contribution is 0.0976. The molecule has 21 heavy (non-hydrogen) atoms. The van der Waals surface area contributed by atoms with E-state index >= 15 is 0 Å². The van der Waals surface area contributed by atoms with Crippen LogP contribution in [-0.2, 0) is 0 Å². The van der Waals surface area contributed by atoms with Crippen LogP contribution in [0, 0.1) is 0 Å². The zero-order chi connectivity index (χ0) is 15.2. The standard InChI is InChI=1S/C17H20BrNO2/c1-2-3-4-5-8-11-19-15-14(18)16(20)12-9-6-7-10-13(12)17(15)21/h6-7,9-10,19H,2-5,8,11H2,1H3. The molecular weight excluding hydrogens is 330 g/mol. The van der Waals surface area contributed by atoms with E-state index in [2.05, 4.69) is 28.2 Å². The van der Waals surface area contributed by atoms with Crippen molar-refractivity contribution in [1.29, 1.82) is 0 Å². The number of unbranched alkanes of at least 4 members (excludes halogenated alkanes) is 4. The first-order valence-corrected chi connectivity index (χ1v) is 8.28. The fourth-order valence-electron chi connectivity index (χ4n) is 2.45. The lowest BCUT2D eigenvalue weighted by Gasteiger charge is -2.19. The minimum Gasteiger partial charge on any atom is -0.381 e. The topological polar surface area (TPSA) is 46.2 Å². The van der Waals surface area contributed by atoms with Gasteiger partial charge in [0.05, 0.1) is 4.48 Å². The molecule has 0 aliphatic heterocycles. The molecule has 0 fully saturated rings. The number of hydrogen-bond acceptors (Lipinski definition) is 3. The molecule has 0 spiro atoms. The molecule has 0 unspecified atom stereocenters. The zero-order valence-electron chi connectivity index (χ0n) is 12.2. The lowest BCUT2D eigenvalue weighted by atomic mass is 9.92. The number of ketones is 2. The first kappa shape index (κ1) is 16.0. The van der Waals surface area contributed by atoms with E-state index in [4.69, 9.17) is 0 Å². The third-order valence-corrected chi connectivity index (χ3v) is 4.40. The number of halogens is 1. The second-order valence-electron chi connectivity index (χ2n) is 5.23. The summed E-state index contributed by atoms with van der Waals surface area (Å²) in [5, 5.41) is 3.13. The number of allylic oxidation sites excluding steroid dienone is 2. The van der Waals surface area contributed by atoms with Gasteiger partial charge < -0.3 is 5.32 Å². The minimum atomic E-state index is -0.126. The third kappa shape index (κ3) is 3.62. The second kappa shape index (κ2) is 7.55. The molecule has 2 rings (SSSR count). The second-order valence-corrected chi connectivity index (χ2v) is 6.03. The average Bonchev–Trinajstić information content (AvgIpc) is 2.51. The molecule has 0 aromatic heterocycles. The van der Waals surface area contributed by atoms with Crippen LogP contribution in [0.15, 0.2) is 34.4 Å². The van der Waals surface area contributed by atoms with E-state index in [1.807, 2.05) is 0 Å². The molecule has 3 nitrogen and oxygen atoms in total. The van der Waals surface area contributed by atoms with E-state index in [-0.39, 0.29) is 11.6 Å². The summed E-state index contributed by atoms with van der Waals surface area (Å²) in [6.45, 7) is 2.90. The summed E-state index contributed by atoms with van der Waals surface area (Å²) in [4.78, 5) is 24.7. The minimum absolute atomic E-state index is 0.106. The van der Waals surface area contributed by atoms with Crippen molar-refractivity contribution < 1.29 is 9.59 Å². The molecule has 0 saturated heterocycles. The number of Topliss-reactive ketones (excluding diaryl/α,β-unsaturated/α-hetero) is 2. The van der Waals surface area contributed by atoms with Gasteiger partial charge >= 0.3 is 0 Å². The normalized spacial score (nSPS) is 14.4. The zero-order valence-corrected chi connectivity index (χ0v) is 13.8. The summed E-state index contributed by atoms with van der Waals surface area (Å²) in [6, 6.07) is 6.96. The van der Waals surface area contributed by atoms with Gasteiger partial charge in [0.15, 0.2) is 0 Å². The smallest absolute Gasteiger partial charge is 0.210 e. The highest BCUT2D eigenvalue weighted by Gasteiger charge is 2.30. The Kier molecular flexibility index (Phi) is 5.74. The van der Waals surface area contributed by atoms with Crippen molar-refractivity contribution in [3.05, 3.63) is 45.6 Å². The Balaban J connectivity index is 2.01. The van der Waals surface area contributed by atoms with Crippen LogP contribution in [0.5, 0.6) is 0 Å². The molecule has 1 aromatic rings. The van der Waals surface area contributed by atoms with Gasteiger partial charge in [-0.05, 0) is 22.4 Å². The first-order chi connectivity index (χ1) is 10.2. The number of hydrogen-bond donors (Lipinski definition) is 1. The van der Waals surface area contributed by atoms with Crippen molar-refractivity contribution in [3.8, 4) is 0 Å². The maximum Gasteiger partial charge on any atom is 0.210 e. The molecule has 0 heterocycles. The summed E-state index contributed by atoms with van der Waals surface area (Å²) in [5.41, 5.74) is 1.36. The van der Waals surface area contributed by atoms with E-state index in [0.717, 1.165) is 19.4 Å². The van der Waals surface area contributed by atoms with Gasteiger partial charge in [-0.25, -0.2) is 0 Å². The lowest BCUT2D eigenvalue weighted by Crippen LogP contribution is -2.29. The molecule has 0 bridgehead atoms. The molecule has 0 radical (unpaired) electrons. The van der Waals surface area contributed by atoms with E-state index in [0.29, 0.717) is 21.3 Å². The Morgan fingerprint density at radius 2 is 1.57 bits per heavy atom. The highest BCUT2D eigenvalue weighted by atomic mass is 79.9. The molecule has 0 atom stereocenters. The van der Waals surface area contributed by atoms with Crippen LogP contribution in [0.25, 0.3) is 0 Å². The van der Waals surface area contributed by atoms with Gasteiger partial charge in [0, 0.05) is 17.7 Å². The maximum atomic E-state index is 12.4. The summed E-state index contributed by atoms with van der Waals surface area (Å²) in [7, 11) is 0. The number of nitrogens with one attached hydrogen (secondary N) is 1. The summed E-state index contributed by atoms with van der Waals surface area (Å²) < 4.78 is 0.347. The fraction of sp³-hybridized carbons (Fsp3) is 0.412. The molecular formula is C17H20BrNO2. The van der Waals surface area contributed by atoms with Crippen molar-refractivity contribution in [3.63, 3.8) is 0 Å². The van der Waals surface area contributed by atoms with E-state index < -0.39 is 0 Å². The van der Waals surface area contributed by atoms with E-state index in [1.165, 1.54) is 19.3 Å². The number of carbonyl (C=O) groups excluding carboxylic acids is 2. The number of benzene rings is 1. The quantitative estimate of drug-likeness (QED) is 0.749. The van der Waals surface area contributed by atoms with Crippen LogP contribution in [0.1, 0.15) is 59.7 Å². The highest BCUT2D eigenvalue weighted by molar-refractivity contribution is 9.12. The largest absolute Gasteiger partial charge is 0.381 e. The summed E-state index contributed by atoms with van der Waals surface area (Å²) in [6.07, 6.45) is 5.83. The molecule has 1 aliphatic carbocycles. The van der Waals surface area contributed by atoms with Crippen molar-refractivity contribution in [2.24, 2.45) is 0 Å². The Hall–Kier alpha value is -1.42. The van der Waals surface area contributed by atoms with Crippen LogP contribution in [0.3, 0.4) is 0 Å².